The molecule has 2 aliphatic heterocycles. The second-order valence-corrected chi connectivity index (χ2v) is 7.13. The lowest BCUT2D eigenvalue weighted by Crippen LogP contribution is -2.45. The minimum atomic E-state index is -5.08. The summed E-state index contributed by atoms with van der Waals surface area (Å²) in [5.74, 6) is -1.82. The van der Waals surface area contributed by atoms with Gasteiger partial charge in [-0.15, -0.1) is 11.8 Å². The Morgan fingerprint density at radius 3 is 2.46 bits per heavy atom. The fourth-order valence-electron chi connectivity index (χ4n) is 3.14. The summed E-state index contributed by atoms with van der Waals surface area (Å²) in [7, 11) is 0. The fraction of sp³-hybridized carbons (Fsp3) is 0.786. The van der Waals surface area contributed by atoms with Crippen LogP contribution in [0.1, 0.15) is 32.1 Å². The topological polar surface area (TPSA) is 93.4 Å². The molecule has 2 saturated heterocycles. The summed E-state index contributed by atoms with van der Waals surface area (Å²) in [5.41, 5.74) is 0. The highest BCUT2D eigenvalue weighted by molar-refractivity contribution is 8.00. The Hall–Kier alpha value is -1.47. The molecule has 6 nitrogen and oxygen atoms in total. The molecule has 3 rings (SSSR count). The summed E-state index contributed by atoms with van der Waals surface area (Å²) in [5, 5.41) is 19.9. The molecule has 3 aliphatic rings. The van der Waals surface area contributed by atoms with E-state index in [1.54, 1.807) is 16.7 Å². The second-order valence-electron chi connectivity index (χ2n) is 5.92. The van der Waals surface area contributed by atoms with Gasteiger partial charge in [-0.25, -0.2) is 4.79 Å². The minimum absolute atomic E-state index is 0.0354. The van der Waals surface area contributed by atoms with Gasteiger partial charge in [0.05, 0.1) is 17.5 Å². The molecule has 1 saturated carbocycles. The smallest absolute Gasteiger partial charge is 0.475 e. The van der Waals surface area contributed by atoms with E-state index in [1.807, 2.05) is 0 Å². The van der Waals surface area contributed by atoms with Gasteiger partial charge in [0.1, 0.15) is 6.04 Å². The van der Waals surface area contributed by atoms with E-state index in [1.165, 1.54) is 25.7 Å². The van der Waals surface area contributed by atoms with E-state index in [4.69, 9.17) is 15.2 Å². The number of amides is 1. The van der Waals surface area contributed by atoms with E-state index >= 15 is 0 Å². The molecule has 3 atom stereocenters. The number of carbonyl (C=O) groups is 2. The molecule has 0 aromatic carbocycles. The molecule has 0 bridgehead atoms. The number of carbonyl (C=O) groups excluding carboxylic acids is 1. The number of thioether (sulfide) groups is 1. The first-order chi connectivity index (χ1) is 11.2. The molecule has 3 fully saturated rings. The van der Waals surface area contributed by atoms with Crippen LogP contribution in [0, 0.1) is 11.3 Å². The second kappa shape index (κ2) is 7.61. The zero-order valence-corrected chi connectivity index (χ0v) is 13.6. The van der Waals surface area contributed by atoms with E-state index in [-0.39, 0.29) is 23.4 Å². The molecule has 10 heteroatoms. The summed E-state index contributed by atoms with van der Waals surface area (Å²) in [6.07, 6.45) is 0.743. The number of aliphatic carboxylic acids is 1. The van der Waals surface area contributed by atoms with Crippen molar-refractivity contribution < 1.29 is 27.9 Å². The van der Waals surface area contributed by atoms with Crippen LogP contribution in [0.3, 0.4) is 0 Å². The lowest BCUT2D eigenvalue weighted by atomic mass is 10.2. The maximum Gasteiger partial charge on any atom is 0.490 e. The maximum absolute atomic E-state index is 12.2. The van der Waals surface area contributed by atoms with Crippen molar-refractivity contribution in [2.45, 2.75) is 61.8 Å². The van der Waals surface area contributed by atoms with E-state index in [0.717, 1.165) is 12.2 Å². The van der Waals surface area contributed by atoms with E-state index in [2.05, 4.69) is 11.4 Å². The van der Waals surface area contributed by atoms with Crippen molar-refractivity contribution in [2.24, 2.45) is 0 Å². The zero-order valence-electron chi connectivity index (χ0n) is 12.8. The number of nitrogens with one attached hydrogen (secondary N) is 1. The highest BCUT2D eigenvalue weighted by atomic mass is 32.2. The number of nitriles is 1. The summed E-state index contributed by atoms with van der Waals surface area (Å²) in [6, 6.07) is 2.52. The average molecular weight is 365 g/mol. The lowest BCUT2D eigenvalue weighted by molar-refractivity contribution is -0.192. The molecule has 0 radical (unpaired) electrons. The van der Waals surface area contributed by atoms with Gasteiger partial charge < -0.3 is 15.3 Å². The third kappa shape index (κ3) is 4.33. The summed E-state index contributed by atoms with van der Waals surface area (Å²) in [6.45, 7) is 0. The summed E-state index contributed by atoms with van der Waals surface area (Å²) < 4.78 is 31.7. The Morgan fingerprint density at radius 1 is 1.38 bits per heavy atom. The number of hydrogen-bond donors (Lipinski definition) is 2. The third-order valence-electron chi connectivity index (χ3n) is 4.27. The molecular formula is C14H18F3N3O3S. The number of rotatable bonds is 2. The zero-order chi connectivity index (χ0) is 17.9. The highest BCUT2D eigenvalue weighted by Crippen LogP contribution is 2.38. The molecule has 0 aromatic heterocycles. The van der Waals surface area contributed by atoms with Crippen molar-refractivity contribution in [3.8, 4) is 6.07 Å². The Kier molecular flexibility index (Phi) is 5.98. The SMILES string of the molecule is N#CC1CSC2CC(NC3CCCC3)C(=O)N12.O=C(O)C(F)(F)F. The van der Waals surface area contributed by atoms with Gasteiger partial charge in [0, 0.05) is 18.2 Å². The first-order valence-electron chi connectivity index (χ1n) is 7.63. The number of carboxylic acids is 1. The van der Waals surface area contributed by atoms with Crippen molar-refractivity contribution >= 4 is 23.6 Å². The van der Waals surface area contributed by atoms with Crippen LogP contribution in [0.5, 0.6) is 0 Å². The van der Waals surface area contributed by atoms with Gasteiger partial charge in [-0.2, -0.15) is 18.4 Å². The van der Waals surface area contributed by atoms with E-state index < -0.39 is 12.1 Å². The Morgan fingerprint density at radius 2 is 1.96 bits per heavy atom. The van der Waals surface area contributed by atoms with Gasteiger partial charge in [-0.1, -0.05) is 12.8 Å². The summed E-state index contributed by atoms with van der Waals surface area (Å²) >= 11 is 1.75. The van der Waals surface area contributed by atoms with Crippen molar-refractivity contribution in [1.29, 1.82) is 5.26 Å². The molecule has 2 N–H and O–H groups in total. The van der Waals surface area contributed by atoms with Gasteiger partial charge in [0.25, 0.3) is 0 Å². The molecule has 3 unspecified atom stereocenters. The number of hydrogen-bond acceptors (Lipinski definition) is 5. The number of alkyl halides is 3. The first kappa shape index (κ1) is 18.9. The van der Waals surface area contributed by atoms with E-state index in [0.29, 0.717) is 6.04 Å². The van der Waals surface area contributed by atoms with Gasteiger partial charge in [0.15, 0.2) is 0 Å². The Labute approximate surface area is 141 Å². The molecule has 24 heavy (non-hydrogen) atoms. The molecular weight excluding hydrogens is 347 g/mol. The quantitative estimate of drug-likeness (QED) is 0.774. The first-order valence-corrected chi connectivity index (χ1v) is 8.68. The van der Waals surface area contributed by atoms with Crippen molar-refractivity contribution in [2.75, 3.05) is 5.75 Å². The van der Waals surface area contributed by atoms with Crippen molar-refractivity contribution in [3.05, 3.63) is 0 Å². The van der Waals surface area contributed by atoms with E-state index in [9.17, 15) is 18.0 Å². The number of carboxylic acid groups (broad SMARTS) is 1. The van der Waals surface area contributed by atoms with Crippen LogP contribution in [0.2, 0.25) is 0 Å². The van der Waals surface area contributed by atoms with Crippen molar-refractivity contribution in [1.82, 2.24) is 10.2 Å². The molecule has 0 aromatic rings. The van der Waals surface area contributed by atoms with Crippen LogP contribution < -0.4 is 5.32 Å². The maximum atomic E-state index is 12.2. The van der Waals surface area contributed by atoms with Gasteiger partial charge in [0.2, 0.25) is 5.91 Å². The largest absolute Gasteiger partial charge is 0.490 e. The number of halogens is 3. The average Bonchev–Trinajstić information content (AvgIpc) is 3.19. The molecule has 1 aliphatic carbocycles. The standard InChI is InChI=1S/C12H17N3OS.C2HF3O2/c13-6-9-7-17-11-5-10(12(16)15(9)11)14-8-3-1-2-4-8;3-2(4,5)1(6)7/h8-11,14H,1-5,7H2;(H,6,7). The number of fused-ring (bicyclic) bond motifs is 1. The highest BCUT2D eigenvalue weighted by Gasteiger charge is 2.48. The van der Waals surface area contributed by atoms with Crippen LogP contribution in [0.15, 0.2) is 0 Å². The molecule has 0 spiro atoms. The van der Waals surface area contributed by atoms with Gasteiger partial charge in [-0.3, -0.25) is 4.79 Å². The minimum Gasteiger partial charge on any atom is -0.475 e. The van der Waals surface area contributed by atoms with Crippen molar-refractivity contribution in [3.63, 3.8) is 0 Å². The van der Waals surface area contributed by atoms with Crippen LogP contribution in [-0.4, -0.2) is 57.3 Å². The van der Waals surface area contributed by atoms with Crippen LogP contribution in [-0.2, 0) is 9.59 Å². The Balaban J connectivity index is 0.000000256. The monoisotopic (exact) mass is 365 g/mol. The predicted molar refractivity (Wildman–Crippen MR) is 80.0 cm³/mol. The number of nitrogens with zero attached hydrogens (tertiary/aromatic N) is 2. The normalized spacial score (nSPS) is 29.8. The van der Waals surface area contributed by atoms with Gasteiger partial charge in [-0.05, 0) is 12.8 Å². The van der Waals surface area contributed by atoms with Crippen LogP contribution in [0.4, 0.5) is 13.2 Å². The predicted octanol–water partition coefficient (Wildman–Crippen LogP) is 1.72. The van der Waals surface area contributed by atoms with Gasteiger partial charge >= 0.3 is 12.1 Å². The molecule has 134 valence electrons. The lowest BCUT2D eigenvalue weighted by Gasteiger charge is -2.20. The molecule has 1 amide bonds. The third-order valence-corrected chi connectivity index (χ3v) is 5.58. The molecule has 2 heterocycles. The Bertz CT molecular complexity index is 532. The van der Waals surface area contributed by atoms with Crippen LogP contribution in [0.25, 0.3) is 0 Å². The summed E-state index contributed by atoms with van der Waals surface area (Å²) in [4.78, 5) is 22.9. The van der Waals surface area contributed by atoms with Crippen LogP contribution >= 0.6 is 11.8 Å². The fourth-order valence-corrected chi connectivity index (χ4v) is 4.52.